The monoisotopic (exact) mass is 281 g/mol. The maximum absolute atomic E-state index is 11.7. The van der Waals surface area contributed by atoms with E-state index in [0.717, 1.165) is 6.42 Å². The first-order valence-electron chi connectivity index (χ1n) is 6.36. The number of nitro groups is 1. The van der Waals surface area contributed by atoms with Gasteiger partial charge in [-0.05, 0) is 25.5 Å². The van der Waals surface area contributed by atoms with Crippen molar-refractivity contribution < 1.29 is 14.5 Å². The molecule has 0 aliphatic rings. The van der Waals surface area contributed by atoms with E-state index in [9.17, 15) is 14.9 Å². The summed E-state index contributed by atoms with van der Waals surface area (Å²) < 4.78 is 4.95. The van der Waals surface area contributed by atoms with E-state index < -0.39 is 11.0 Å². The zero-order valence-corrected chi connectivity index (χ0v) is 11.8. The van der Waals surface area contributed by atoms with Gasteiger partial charge >= 0.3 is 0 Å². The van der Waals surface area contributed by atoms with Gasteiger partial charge in [0.2, 0.25) is 5.91 Å². The number of methoxy groups -OCH3 is 1. The molecular weight excluding hydrogens is 262 g/mol. The second kappa shape index (κ2) is 7.32. The molecule has 1 aromatic carbocycles. The van der Waals surface area contributed by atoms with E-state index in [0.29, 0.717) is 12.3 Å². The van der Waals surface area contributed by atoms with Gasteiger partial charge in [0, 0.05) is 6.54 Å². The number of nitro benzene ring substituents is 1. The topological polar surface area (TPSA) is 93.5 Å². The highest BCUT2D eigenvalue weighted by Gasteiger charge is 2.19. The number of nitrogens with zero attached hydrogens (tertiary/aromatic N) is 1. The van der Waals surface area contributed by atoms with Gasteiger partial charge in [-0.25, -0.2) is 0 Å². The average Bonchev–Trinajstić information content (AvgIpc) is 2.44. The molecule has 20 heavy (non-hydrogen) atoms. The zero-order chi connectivity index (χ0) is 15.1. The second-order valence-corrected chi connectivity index (χ2v) is 4.30. The molecule has 7 nitrogen and oxygen atoms in total. The van der Waals surface area contributed by atoms with Crippen LogP contribution < -0.4 is 15.4 Å². The molecule has 0 saturated carbocycles. The number of ether oxygens (including phenoxy) is 1. The highest BCUT2D eigenvalue weighted by molar-refractivity contribution is 5.85. The number of rotatable bonds is 7. The predicted molar refractivity (Wildman–Crippen MR) is 76.0 cm³/mol. The van der Waals surface area contributed by atoms with E-state index in [-0.39, 0.29) is 17.3 Å². The second-order valence-electron chi connectivity index (χ2n) is 4.30. The molecule has 1 atom stereocenters. The summed E-state index contributed by atoms with van der Waals surface area (Å²) in [5.74, 6) is 0.197. The van der Waals surface area contributed by atoms with Crippen LogP contribution in [-0.2, 0) is 4.79 Å². The molecule has 1 amide bonds. The van der Waals surface area contributed by atoms with Crippen LogP contribution in [0.3, 0.4) is 0 Å². The fraction of sp³-hybridized carbons (Fsp3) is 0.462. The van der Waals surface area contributed by atoms with Crippen LogP contribution in [0.1, 0.15) is 20.3 Å². The van der Waals surface area contributed by atoms with Crippen LogP contribution in [0.2, 0.25) is 0 Å². The fourth-order valence-electron chi connectivity index (χ4n) is 1.61. The Morgan fingerprint density at radius 1 is 1.50 bits per heavy atom. The minimum atomic E-state index is -0.561. The number of anilines is 1. The van der Waals surface area contributed by atoms with Gasteiger partial charge in [0.05, 0.1) is 18.1 Å². The Kier molecular flexibility index (Phi) is 5.76. The molecule has 0 aliphatic heterocycles. The van der Waals surface area contributed by atoms with Gasteiger partial charge in [0.1, 0.15) is 17.5 Å². The zero-order valence-electron chi connectivity index (χ0n) is 11.8. The van der Waals surface area contributed by atoms with Gasteiger partial charge in [-0.15, -0.1) is 0 Å². The van der Waals surface area contributed by atoms with Crippen molar-refractivity contribution in [2.24, 2.45) is 0 Å². The SMILES string of the molecule is CCCNC(=O)C(C)Nc1ccc(OC)cc1[N+](=O)[O-]. The summed E-state index contributed by atoms with van der Waals surface area (Å²) in [5.41, 5.74) is 0.162. The van der Waals surface area contributed by atoms with Crippen molar-refractivity contribution in [1.82, 2.24) is 5.32 Å². The maximum Gasteiger partial charge on any atom is 0.296 e. The number of nitrogens with one attached hydrogen (secondary N) is 2. The molecule has 1 rings (SSSR count). The van der Waals surface area contributed by atoms with E-state index in [1.165, 1.54) is 19.2 Å². The van der Waals surface area contributed by atoms with Crippen molar-refractivity contribution in [3.05, 3.63) is 28.3 Å². The molecule has 0 fully saturated rings. The molecule has 0 heterocycles. The molecule has 1 unspecified atom stereocenters. The van der Waals surface area contributed by atoms with Crippen molar-refractivity contribution in [1.29, 1.82) is 0 Å². The summed E-state index contributed by atoms with van der Waals surface area (Å²) >= 11 is 0. The smallest absolute Gasteiger partial charge is 0.296 e. The van der Waals surface area contributed by atoms with E-state index in [1.807, 2.05) is 6.92 Å². The first-order chi connectivity index (χ1) is 9.49. The highest BCUT2D eigenvalue weighted by Crippen LogP contribution is 2.29. The fourth-order valence-corrected chi connectivity index (χ4v) is 1.61. The molecular formula is C13H19N3O4. The van der Waals surface area contributed by atoms with Crippen molar-refractivity contribution in [2.75, 3.05) is 19.0 Å². The molecule has 0 aromatic heterocycles. The lowest BCUT2D eigenvalue weighted by Gasteiger charge is -2.15. The normalized spacial score (nSPS) is 11.6. The van der Waals surface area contributed by atoms with Crippen molar-refractivity contribution in [3.8, 4) is 5.75 Å². The van der Waals surface area contributed by atoms with Gasteiger partial charge in [0.15, 0.2) is 0 Å². The molecule has 2 N–H and O–H groups in total. The van der Waals surface area contributed by atoms with E-state index in [4.69, 9.17) is 4.74 Å². The number of benzene rings is 1. The van der Waals surface area contributed by atoms with Gasteiger partial charge in [0.25, 0.3) is 5.69 Å². The minimum absolute atomic E-state index is 0.125. The van der Waals surface area contributed by atoms with Gasteiger partial charge in [-0.3, -0.25) is 14.9 Å². The third-order valence-corrected chi connectivity index (χ3v) is 2.72. The van der Waals surface area contributed by atoms with E-state index >= 15 is 0 Å². The summed E-state index contributed by atoms with van der Waals surface area (Å²) in [6.45, 7) is 4.18. The summed E-state index contributed by atoms with van der Waals surface area (Å²) in [5, 5.41) is 16.6. The van der Waals surface area contributed by atoms with Crippen molar-refractivity contribution >= 4 is 17.3 Å². The van der Waals surface area contributed by atoms with Gasteiger partial charge in [-0.1, -0.05) is 6.92 Å². The van der Waals surface area contributed by atoms with Crippen LogP contribution in [0.4, 0.5) is 11.4 Å². The Hall–Kier alpha value is -2.31. The molecule has 0 saturated heterocycles. The Labute approximate surface area is 117 Å². The molecule has 0 spiro atoms. The molecule has 0 aliphatic carbocycles. The number of hydrogen-bond donors (Lipinski definition) is 2. The summed E-state index contributed by atoms with van der Waals surface area (Å²) in [4.78, 5) is 22.3. The Morgan fingerprint density at radius 3 is 2.75 bits per heavy atom. The molecule has 110 valence electrons. The number of amides is 1. The van der Waals surface area contributed by atoms with Crippen molar-refractivity contribution in [3.63, 3.8) is 0 Å². The number of carbonyl (C=O) groups excluding carboxylic acids is 1. The standard InChI is InChI=1S/C13H19N3O4/c1-4-7-14-13(17)9(2)15-11-6-5-10(20-3)8-12(11)16(18)19/h5-6,8-9,15H,4,7H2,1-3H3,(H,14,17). The minimum Gasteiger partial charge on any atom is -0.496 e. The number of hydrogen-bond acceptors (Lipinski definition) is 5. The first-order valence-corrected chi connectivity index (χ1v) is 6.36. The number of carbonyl (C=O) groups is 1. The highest BCUT2D eigenvalue weighted by atomic mass is 16.6. The Morgan fingerprint density at radius 2 is 2.20 bits per heavy atom. The van der Waals surface area contributed by atoms with Crippen LogP contribution >= 0.6 is 0 Å². The molecule has 0 radical (unpaired) electrons. The lowest BCUT2D eigenvalue weighted by atomic mass is 10.2. The largest absolute Gasteiger partial charge is 0.496 e. The van der Waals surface area contributed by atoms with E-state index in [2.05, 4.69) is 10.6 Å². The lowest BCUT2D eigenvalue weighted by molar-refractivity contribution is -0.384. The van der Waals surface area contributed by atoms with Crippen LogP contribution in [0, 0.1) is 10.1 Å². The van der Waals surface area contributed by atoms with Crippen LogP contribution in [0.25, 0.3) is 0 Å². The van der Waals surface area contributed by atoms with Gasteiger partial charge < -0.3 is 15.4 Å². The first kappa shape index (κ1) is 15.7. The molecule has 1 aromatic rings. The predicted octanol–water partition coefficient (Wildman–Crippen LogP) is 1.93. The van der Waals surface area contributed by atoms with E-state index in [1.54, 1.807) is 13.0 Å². The summed E-state index contributed by atoms with van der Waals surface area (Å²) in [6.07, 6.45) is 0.834. The van der Waals surface area contributed by atoms with Crippen LogP contribution in [0.15, 0.2) is 18.2 Å². The maximum atomic E-state index is 11.7. The quantitative estimate of drug-likeness (QED) is 0.588. The molecule has 0 bridgehead atoms. The summed E-state index contributed by atoms with van der Waals surface area (Å²) in [7, 11) is 1.44. The van der Waals surface area contributed by atoms with Crippen LogP contribution in [0.5, 0.6) is 5.75 Å². The third-order valence-electron chi connectivity index (χ3n) is 2.72. The average molecular weight is 281 g/mol. The summed E-state index contributed by atoms with van der Waals surface area (Å²) in [6, 6.07) is 3.89. The lowest BCUT2D eigenvalue weighted by Crippen LogP contribution is -2.37. The Bertz CT molecular complexity index is 491. The van der Waals surface area contributed by atoms with Crippen molar-refractivity contribution in [2.45, 2.75) is 26.3 Å². The van der Waals surface area contributed by atoms with Gasteiger partial charge in [-0.2, -0.15) is 0 Å². The van der Waals surface area contributed by atoms with Crippen LogP contribution in [-0.4, -0.2) is 30.5 Å². The third kappa shape index (κ3) is 4.11. The molecule has 7 heteroatoms. The Balaban J connectivity index is 2.86.